The van der Waals surface area contributed by atoms with Crippen molar-refractivity contribution in [3.05, 3.63) is 73.0 Å². The van der Waals surface area contributed by atoms with Gasteiger partial charge in [0.2, 0.25) is 5.91 Å². The van der Waals surface area contributed by atoms with Gasteiger partial charge in [0.05, 0.1) is 5.52 Å². The summed E-state index contributed by atoms with van der Waals surface area (Å²) in [5.41, 5.74) is 3.24. The first kappa shape index (κ1) is 16.4. The third kappa shape index (κ3) is 2.86. The number of likely N-dealkylation sites (tertiary alicyclic amines) is 1. The van der Waals surface area contributed by atoms with Crippen molar-refractivity contribution in [1.82, 2.24) is 14.9 Å². The fourth-order valence-electron chi connectivity index (χ4n) is 3.64. The van der Waals surface area contributed by atoms with Crippen molar-refractivity contribution in [2.24, 2.45) is 0 Å². The van der Waals surface area contributed by atoms with Crippen molar-refractivity contribution in [2.75, 3.05) is 13.1 Å². The molecule has 130 valence electrons. The monoisotopic (exact) mass is 347 g/mol. The standard InChI is InChI=1S/C21H18FN3O/c1-2-20(26)25-8-7-14(12-25)18-10-15(17-5-3-4-6-19(17)22)9-16-11-23-13-24-21(16)18/h2-6,9-11,13-14H,1,7-8,12H2. The summed E-state index contributed by atoms with van der Waals surface area (Å²) in [6.45, 7) is 4.87. The first-order chi connectivity index (χ1) is 12.7. The van der Waals surface area contributed by atoms with Crippen LogP contribution in [0.1, 0.15) is 17.9 Å². The Morgan fingerprint density at radius 2 is 2.15 bits per heavy atom. The summed E-state index contributed by atoms with van der Waals surface area (Å²) in [5.74, 6) is -0.163. The third-order valence-electron chi connectivity index (χ3n) is 4.94. The molecule has 26 heavy (non-hydrogen) atoms. The van der Waals surface area contributed by atoms with Crippen molar-refractivity contribution in [3.8, 4) is 11.1 Å². The van der Waals surface area contributed by atoms with E-state index >= 15 is 0 Å². The molecule has 4 rings (SSSR count). The topological polar surface area (TPSA) is 46.1 Å². The van der Waals surface area contributed by atoms with Crippen LogP contribution < -0.4 is 0 Å². The molecule has 1 aliphatic rings. The van der Waals surface area contributed by atoms with Gasteiger partial charge in [0.1, 0.15) is 12.1 Å². The Labute approximate surface area is 151 Å². The summed E-state index contributed by atoms with van der Waals surface area (Å²) in [5, 5.41) is 0.872. The van der Waals surface area contributed by atoms with E-state index in [1.165, 1.54) is 18.5 Å². The molecule has 1 fully saturated rings. The molecular formula is C21H18FN3O. The molecule has 4 nitrogen and oxygen atoms in total. The van der Waals surface area contributed by atoms with Gasteiger partial charge >= 0.3 is 0 Å². The molecule has 0 radical (unpaired) electrons. The summed E-state index contributed by atoms with van der Waals surface area (Å²) >= 11 is 0. The van der Waals surface area contributed by atoms with Crippen molar-refractivity contribution < 1.29 is 9.18 Å². The lowest BCUT2D eigenvalue weighted by molar-refractivity contribution is -0.125. The van der Waals surface area contributed by atoms with Gasteiger partial charge in [-0.1, -0.05) is 24.8 Å². The molecule has 0 saturated carbocycles. The van der Waals surface area contributed by atoms with Gasteiger partial charge in [-0.25, -0.2) is 14.4 Å². The predicted molar refractivity (Wildman–Crippen MR) is 99.1 cm³/mol. The molecule has 0 bridgehead atoms. The maximum Gasteiger partial charge on any atom is 0.245 e. The van der Waals surface area contributed by atoms with Crippen LogP contribution in [0.4, 0.5) is 4.39 Å². The van der Waals surface area contributed by atoms with Crippen molar-refractivity contribution >= 4 is 16.8 Å². The van der Waals surface area contributed by atoms with E-state index in [2.05, 4.69) is 16.5 Å². The Morgan fingerprint density at radius 3 is 2.96 bits per heavy atom. The van der Waals surface area contributed by atoms with E-state index in [1.807, 2.05) is 18.2 Å². The summed E-state index contributed by atoms with van der Waals surface area (Å²) in [6, 6.07) is 10.6. The molecule has 0 spiro atoms. The number of fused-ring (bicyclic) bond motifs is 1. The zero-order valence-corrected chi connectivity index (χ0v) is 14.2. The normalized spacial score (nSPS) is 16.8. The second kappa shape index (κ2) is 6.67. The lowest BCUT2D eigenvalue weighted by atomic mass is 9.91. The first-order valence-corrected chi connectivity index (χ1v) is 8.57. The number of hydrogen-bond donors (Lipinski definition) is 0. The second-order valence-corrected chi connectivity index (χ2v) is 6.48. The zero-order valence-electron chi connectivity index (χ0n) is 14.2. The van der Waals surface area contributed by atoms with E-state index in [1.54, 1.807) is 23.2 Å². The van der Waals surface area contributed by atoms with E-state index in [0.29, 0.717) is 18.7 Å². The number of aromatic nitrogens is 2. The minimum atomic E-state index is -0.260. The molecule has 1 aromatic heterocycles. The van der Waals surface area contributed by atoms with Crippen LogP contribution in [0.5, 0.6) is 0 Å². The minimum Gasteiger partial charge on any atom is -0.339 e. The molecule has 2 aromatic carbocycles. The van der Waals surface area contributed by atoms with E-state index < -0.39 is 0 Å². The number of amides is 1. The molecule has 1 amide bonds. The van der Waals surface area contributed by atoms with Crippen molar-refractivity contribution in [3.63, 3.8) is 0 Å². The minimum absolute atomic E-state index is 0.0586. The molecule has 3 aromatic rings. The highest BCUT2D eigenvalue weighted by Crippen LogP contribution is 2.35. The van der Waals surface area contributed by atoms with Crippen LogP contribution in [-0.2, 0) is 4.79 Å². The molecule has 0 aliphatic carbocycles. The number of nitrogens with zero attached hydrogens (tertiary/aromatic N) is 3. The fourth-order valence-corrected chi connectivity index (χ4v) is 3.64. The maximum absolute atomic E-state index is 14.3. The average Bonchev–Trinajstić information content (AvgIpc) is 3.17. The Bertz CT molecular complexity index is 1000. The van der Waals surface area contributed by atoms with Gasteiger partial charge in [-0.05, 0) is 41.8 Å². The van der Waals surface area contributed by atoms with Gasteiger partial charge in [0, 0.05) is 36.2 Å². The molecule has 1 aliphatic heterocycles. The van der Waals surface area contributed by atoms with Crippen LogP contribution in [0.15, 0.2) is 61.6 Å². The largest absolute Gasteiger partial charge is 0.339 e. The molecule has 0 N–H and O–H groups in total. The molecular weight excluding hydrogens is 329 g/mol. The highest BCUT2D eigenvalue weighted by atomic mass is 19.1. The van der Waals surface area contributed by atoms with Crippen molar-refractivity contribution in [2.45, 2.75) is 12.3 Å². The number of carbonyl (C=O) groups excluding carboxylic acids is 1. The molecule has 2 heterocycles. The Kier molecular flexibility index (Phi) is 4.21. The van der Waals surface area contributed by atoms with Gasteiger partial charge in [0.25, 0.3) is 0 Å². The predicted octanol–water partition coefficient (Wildman–Crippen LogP) is 3.94. The van der Waals surface area contributed by atoms with E-state index in [9.17, 15) is 9.18 Å². The third-order valence-corrected chi connectivity index (χ3v) is 4.94. The van der Waals surface area contributed by atoms with Gasteiger partial charge in [-0.15, -0.1) is 0 Å². The molecule has 1 saturated heterocycles. The van der Waals surface area contributed by atoms with E-state index in [4.69, 9.17) is 0 Å². The quantitative estimate of drug-likeness (QED) is 0.674. The van der Waals surface area contributed by atoms with E-state index in [-0.39, 0.29) is 17.6 Å². The summed E-state index contributed by atoms with van der Waals surface area (Å²) in [4.78, 5) is 22.3. The van der Waals surface area contributed by atoms with Crippen molar-refractivity contribution in [1.29, 1.82) is 0 Å². The van der Waals surface area contributed by atoms with Crippen LogP contribution >= 0.6 is 0 Å². The Balaban J connectivity index is 1.82. The Hall–Kier alpha value is -3.08. The lowest BCUT2D eigenvalue weighted by Gasteiger charge is -2.17. The van der Waals surface area contributed by atoms with Gasteiger partial charge in [-0.2, -0.15) is 0 Å². The van der Waals surface area contributed by atoms with E-state index in [0.717, 1.165) is 28.5 Å². The SMILES string of the molecule is C=CC(=O)N1CCC(c2cc(-c3ccccc3F)cc3cncnc23)C1. The van der Waals surface area contributed by atoms with Gasteiger partial charge in [0.15, 0.2) is 0 Å². The highest BCUT2D eigenvalue weighted by molar-refractivity contribution is 5.89. The van der Waals surface area contributed by atoms with Crippen LogP contribution in [0.2, 0.25) is 0 Å². The maximum atomic E-state index is 14.3. The fraction of sp³-hybridized carbons (Fsp3) is 0.190. The summed E-state index contributed by atoms with van der Waals surface area (Å²) < 4.78 is 14.3. The highest BCUT2D eigenvalue weighted by Gasteiger charge is 2.28. The van der Waals surface area contributed by atoms with Gasteiger partial charge < -0.3 is 4.90 Å². The number of halogens is 1. The second-order valence-electron chi connectivity index (χ2n) is 6.48. The number of hydrogen-bond acceptors (Lipinski definition) is 3. The van der Waals surface area contributed by atoms with Gasteiger partial charge in [-0.3, -0.25) is 4.79 Å². The van der Waals surface area contributed by atoms with Crippen LogP contribution in [-0.4, -0.2) is 33.9 Å². The average molecular weight is 347 g/mol. The molecule has 1 atom stereocenters. The number of carbonyl (C=O) groups is 1. The van der Waals surface area contributed by atoms with Crippen LogP contribution in [0.25, 0.3) is 22.0 Å². The van der Waals surface area contributed by atoms with Crippen LogP contribution in [0, 0.1) is 5.82 Å². The zero-order chi connectivity index (χ0) is 18.1. The summed E-state index contributed by atoms with van der Waals surface area (Å²) in [7, 11) is 0. The number of benzene rings is 2. The van der Waals surface area contributed by atoms with Crippen LogP contribution in [0.3, 0.4) is 0 Å². The molecule has 1 unspecified atom stereocenters. The number of rotatable bonds is 3. The first-order valence-electron chi connectivity index (χ1n) is 8.57. The smallest absolute Gasteiger partial charge is 0.245 e. The summed E-state index contributed by atoms with van der Waals surface area (Å²) in [6.07, 6.45) is 5.46. The Morgan fingerprint density at radius 1 is 1.31 bits per heavy atom. The molecule has 5 heteroatoms. The lowest BCUT2D eigenvalue weighted by Crippen LogP contribution is -2.26.